The summed E-state index contributed by atoms with van der Waals surface area (Å²) in [4.78, 5) is 2.38. The Kier molecular flexibility index (Phi) is 5.46. The van der Waals surface area contributed by atoms with Crippen LogP contribution in [0.15, 0.2) is 18.2 Å². The van der Waals surface area contributed by atoms with Crippen molar-refractivity contribution in [3.8, 4) is 0 Å². The Morgan fingerprint density at radius 2 is 2.25 bits per heavy atom. The maximum absolute atomic E-state index is 13.5. The Hall–Kier alpha value is -1.04. The van der Waals surface area contributed by atoms with Gasteiger partial charge in [-0.1, -0.05) is 6.92 Å². The van der Waals surface area contributed by atoms with Crippen LogP contribution in [0.5, 0.6) is 0 Å². The lowest BCUT2D eigenvalue weighted by atomic mass is 10.1. The molecule has 3 nitrogen and oxygen atoms in total. The zero-order valence-electron chi connectivity index (χ0n) is 11.8. The van der Waals surface area contributed by atoms with Gasteiger partial charge >= 0.3 is 0 Å². The van der Waals surface area contributed by atoms with E-state index in [1.807, 2.05) is 0 Å². The number of aliphatic hydroxyl groups is 1. The molecular weight excluding hydrogens is 262 g/mol. The number of hydrogen-bond donors (Lipinski definition) is 2. The Balaban J connectivity index is 1.78. The minimum Gasteiger partial charge on any atom is -0.387 e. The highest BCUT2D eigenvalue weighted by molar-refractivity contribution is 5.21. The zero-order valence-corrected chi connectivity index (χ0v) is 11.8. The second-order valence-corrected chi connectivity index (χ2v) is 5.39. The fourth-order valence-electron chi connectivity index (χ4n) is 2.67. The van der Waals surface area contributed by atoms with Gasteiger partial charge in [-0.05, 0) is 50.2 Å². The van der Waals surface area contributed by atoms with Gasteiger partial charge in [0.25, 0.3) is 0 Å². The smallest absolute Gasteiger partial charge is 0.129 e. The summed E-state index contributed by atoms with van der Waals surface area (Å²) >= 11 is 0. The average Bonchev–Trinajstić information content (AvgIpc) is 2.89. The van der Waals surface area contributed by atoms with Crippen LogP contribution < -0.4 is 5.32 Å². The summed E-state index contributed by atoms with van der Waals surface area (Å²) in [6.45, 7) is 6.42. The molecule has 2 atom stereocenters. The second kappa shape index (κ2) is 7.11. The van der Waals surface area contributed by atoms with Crippen LogP contribution in [-0.4, -0.2) is 42.7 Å². The van der Waals surface area contributed by atoms with Crippen molar-refractivity contribution in [2.75, 3.05) is 32.7 Å². The molecule has 1 saturated heterocycles. The van der Waals surface area contributed by atoms with Crippen molar-refractivity contribution < 1.29 is 13.9 Å². The summed E-state index contributed by atoms with van der Waals surface area (Å²) in [6, 6.07) is 3.15. The molecule has 2 N–H and O–H groups in total. The molecule has 1 aromatic rings. The minimum absolute atomic E-state index is 0.0131. The molecule has 1 aliphatic rings. The van der Waals surface area contributed by atoms with Gasteiger partial charge in [0.2, 0.25) is 0 Å². The van der Waals surface area contributed by atoms with Crippen molar-refractivity contribution in [2.45, 2.75) is 19.4 Å². The van der Waals surface area contributed by atoms with E-state index in [4.69, 9.17) is 0 Å². The van der Waals surface area contributed by atoms with Crippen molar-refractivity contribution in [3.63, 3.8) is 0 Å². The van der Waals surface area contributed by atoms with Gasteiger partial charge in [0.05, 0.1) is 6.10 Å². The monoisotopic (exact) mass is 284 g/mol. The molecule has 1 aliphatic heterocycles. The van der Waals surface area contributed by atoms with Gasteiger partial charge in [0.15, 0.2) is 0 Å². The van der Waals surface area contributed by atoms with Crippen LogP contribution in [0.1, 0.15) is 25.0 Å². The van der Waals surface area contributed by atoms with Gasteiger partial charge in [-0.2, -0.15) is 0 Å². The van der Waals surface area contributed by atoms with E-state index < -0.39 is 17.7 Å². The number of benzene rings is 1. The SMILES string of the molecule is CCN1CCC(CNCC(O)c2cc(F)ccc2F)C1. The van der Waals surface area contributed by atoms with E-state index in [0.717, 1.165) is 50.8 Å². The highest BCUT2D eigenvalue weighted by Gasteiger charge is 2.21. The lowest BCUT2D eigenvalue weighted by Gasteiger charge is -2.16. The largest absolute Gasteiger partial charge is 0.387 e. The lowest BCUT2D eigenvalue weighted by molar-refractivity contribution is 0.167. The second-order valence-electron chi connectivity index (χ2n) is 5.39. The first-order valence-electron chi connectivity index (χ1n) is 7.16. The van der Waals surface area contributed by atoms with E-state index in [9.17, 15) is 13.9 Å². The number of halogens is 2. The molecule has 0 spiro atoms. The summed E-state index contributed by atoms with van der Waals surface area (Å²) in [6.07, 6.45) is 0.125. The summed E-state index contributed by atoms with van der Waals surface area (Å²) in [5, 5.41) is 13.1. The molecule has 20 heavy (non-hydrogen) atoms. The topological polar surface area (TPSA) is 35.5 Å². The third kappa shape index (κ3) is 3.98. The average molecular weight is 284 g/mol. The highest BCUT2D eigenvalue weighted by Crippen LogP contribution is 2.18. The predicted octanol–water partition coefficient (Wildman–Crippen LogP) is 1.93. The number of likely N-dealkylation sites (tertiary alicyclic amines) is 1. The molecule has 0 aromatic heterocycles. The lowest BCUT2D eigenvalue weighted by Crippen LogP contribution is -2.29. The van der Waals surface area contributed by atoms with Gasteiger partial charge in [-0.25, -0.2) is 8.78 Å². The van der Waals surface area contributed by atoms with Crippen LogP contribution in [0.4, 0.5) is 8.78 Å². The molecule has 0 radical (unpaired) electrons. The van der Waals surface area contributed by atoms with Gasteiger partial charge in [-0.3, -0.25) is 0 Å². The van der Waals surface area contributed by atoms with E-state index in [1.54, 1.807) is 0 Å². The molecule has 1 heterocycles. The number of nitrogens with one attached hydrogen (secondary N) is 1. The van der Waals surface area contributed by atoms with Crippen molar-refractivity contribution in [1.82, 2.24) is 10.2 Å². The first-order valence-corrected chi connectivity index (χ1v) is 7.16. The van der Waals surface area contributed by atoms with Crippen LogP contribution in [0.3, 0.4) is 0 Å². The third-order valence-corrected chi connectivity index (χ3v) is 3.90. The van der Waals surface area contributed by atoms with Crippen LogP contribution >= 0.6 is 0 Å². The first-order chi connectivity index (χ1) is 9.60. The van der Waals surface area contributed by atoms with Crippen LogP contribution in [0, 0.1) is 17.6 Å². The Bertz CT molecular complexity index is 442. The van der Waals surface area contributed by atoms with Crippen molar-refractivity contribution >= 4 is 0 Å². The molecule has 0 aliphatic carbocycles. The highest BCUT2D eigenvalue weighted by atomic mass is 19.1. The molecule has 5 heteroatoms. The van der Waals surface area contributed by atoms with E-state index in [1.165, 1.54) is 0 Å². The number of rotatable bonds is 6. The summed E-state index contributed by atoms with van der Waals surface area (Å²) in [5.41, 5.74) is 0.0131. The molecule has 112 valence electrons. The molecule has 0 bridgehead atoms. The first kappa shape index (κ1) is 15.4. The Labute approximate surface area is 118 Å². The van der Waals surface area contributed by atoms with Gasteiger partial charge in [-0.15, -0.1) is 0 Å². The third-order valence-electron chi connectivity index (χ3n) is 3.90. The van der Waals surface area contributed by atoms with E-state index in [0.29, 0.717) is 5.92 Å². The van der Waals surface area contributed by atoms with E-state index >= 15 is 0 Å². The summed E-state index contributed by atoms with van der Waals surface area (Å²) < 4.78 is 26.5. The maximum atomic E-state index is 13.5. The van der Waals surface area contributed by atoms with Crippen LogP contribution in [0.25, 0.3) is 0 Å². The molecule has 0 amide bonds. The number of nitrogens with zero attached hydrogens (tertiary/aromatic N) is 1. The van der Waals surface area contributed by atoms with Gasteiger partial charge < -0.3 is 15.3 Å². The van der Waals surface area contributed by atoms with E-state index in [2.05, 4.69) is 17.1 Å². The maximum Gasteiger partial charge on any atom is 0.129 e. The van der Waals surface area contributed by atoms with Crippen molar-refractivity contribution in [3.05, 3.63) is 35.4 Å². The Morgan fingerprint density at radius 3 is 2.95 bits per heavy atom. The molecule has 2 unspecified atom stereocenters. The van der Waals surface area contributed by atoms with Gasteiger partial charge in [0, 0.05) is 18.7 Å². The van der Waals surface area contributed by atoms with E-state index in [-0.39, 0.29) is 12.1 Å². The summed E-state index contributed by atoms with van der Waals surface area (Å²) in [5.74, 6) is -0.534. The molecule has 1 aromatic carbocycles. The minimum atomic E-state index is -1.02. The van der Waals surface area contributed by atoms with Crippen molar-refractivity contribution in [2.24, 2.45) is 5.92 Å². The zero-order chi connectivity index (χ0) is 14.5. The number of hydrogen-bond acceptors (Lipinski definition) is 3. The standard InChI is InChI=1S/C15H22F2N2O/c1-2-19-6-5-11(10-19)8-18-9-15(20)13-7-12(16)3-4-14(13)17/h3-4,7,11,15,18,20H,2,5-6,8-10H2,1H3. The molecule has 1 fully saturated rings. The molecule has 0 saturated carbocycles. The Morgan fingerprint density at radius 1 is 1.45 bits per heavy atom. The molecule has 2 rings (SSSR count). The van der Waals surface area contributed by atoms with Crippen LogP contribution in [-0.2, 0) is 0 Å². The molecular formula is C15H22F2N2O. The fourth-order valence-corrected chi connectivity index (χ4v) is 2.67. The fraction of sp³-hybridized carbons (Fsp3) is 0.600. The normalized spacial score (nSPS) is 21.3. The van der Waals surface area contributed by atoms with Gasteiger partial charge in [0.1, 0.15) is 11.6 Å². The summed E-state index contributed by atoms with van der Waals surface area (Å²) in [7, 11) is 0. The number of aliphatic hydroxyl groups excluding tert-OH is 1. The predicted molar refractivity (Wildman–Crippen MR) is 74.4 cm³/mol. The van der Waals surface area contributed by atoms with Crippen LogP contribution in [0.2, 0.25) is 0 Å². The van der Waals surface area contributed by atoms with Crippen molar-refractivity contribution in [1.29, 1.82) is 0 Å². The quantitative estimate of drug-likeness (QED) is 0.838.